The van der Waals surface area contributed by atoms with Crippen molar-refractivity contribution in [1.82, 2.24) is 24.6 Å². The number of aromatic amines is 1. The first-order valence-electron chi connectivity index (χ1n) is 9.79. The zero-order chi connectivity index (χ0) is 20.1. The lowest BCUT2D eigenvalue weighted by atomic mass is 10.2. The van der Waals surface area contributed by atoms with Gasteiger partial charge in [0.1, 0.15) is 6.17 Å². The number of aromatic hydroxyl groups is 2. The summed E-state index contributed by atoms with van der Waals surface area (Å²) in [6.45, 7) is 2.87. The van der Waals surface area contributed by atoms with Crippen molar-refractivity contribution in [2.24, 2.45) is 10.9 Å². The molecule has 9 nitrogen and oxygen atoms in total. The standard InChI is InChI=1S/C19H22FN7O2/c1-10(11-2-3-11)22-18-24-16-13(6-12-7-15(28)23-17(12)29)8-21-27(16)19(25-18)26-5-4-14(20)9-26/h6-8,10-11,14,23,28-29H,2-5,9H2,1H3/t10-,14-/m0/s1. The summed E-state index contributed by atoms with van der Waals surface area (Å²) < 4.78 is 15.4. The molecule has 5 rings (SSSR count). The number of hydrogen-bond donors (Lipinski definition) is 3. The number of aromatic nitrogens is 5. The molecule has 3 N–H and O–H groups in total. The number of nitrogens with one attached hydrogen (secondary N) is 1. The molecule has 1 saturated carbocycles. The Morgan fingerprint density at radius 3 is 2.79 bits per heavy atom. The van der Waals surface area contributed by atoms with Crippen LogP contribution >= 0.6 is 0 Å². The van der Waals surface area contributed by atoms with Crippen LogP contribution in [0.1, 0.15) is 31.7 Å². The Morgan fingerprint density at radius 1 is 1.31 bits per heavy atom. The van der Waals surface area contributed by atoms with Gasteiger partial charge in [-0.05, 0) is 38.2 Å². The molecule has 29 heavy (non-hydrogen) atoms. The molecule has 2 atom stereocenters. The monoisotopic (exact) mass is 399 g/mol. The van der Waals surface area contributed by atoms with Crippen molar-refractivity contribution in [2.45, 2.75) is 38.4 Å². The Kier molecular flexibility index (Phi) is 4.14. The van der Waals surface area contributed by atoms with Crippen LogP contribution < -0.4 is 15.7 Å². The van der Waals surface area contributed by atoms with Crippen LogP contribution in [0.5, 0.6) is 11.8 Å². The number of fused-ring (bicyclic) bond motifs is 1. The van der Waals surface area contributed by atoms with E-state index in [0.29, 0.717) is 46.9 Å². The lowest BCUT2D eigenvalue weighted by molar-refractivity contribution is 0.364. The molecule has 1 saturated heterocycles. The molecule has 2 fully saturated rings. The minimum atomic E-state index is -0.896. The van der Waals surface area contributed by atoms with Crippen molar-refractivity contribution in [3.05, 3.63) is 28.7 Å². The summed E-state index contributed by atoms with van der Waals surface area (Å²) >= 11 is 0. The smallest absolute Gasteiger partial charge is 0.250 e. The highest BCUT2D eigenvalue weighted by Gasteiger charge is 2.28. The molecular formula is C19H22FN7O2. The van der Waals surface area contributed by atoms with Crippen LogP contribution in [0.15, 0.2) is 17.3 Å². The minimum absolute atomic E-state index is 0.124. The molecule has 3 aromatic heterocycles. The molecule has 3 aromatic rings. The average molecular weight is 399 g/mol. The Hall–Kier alpha value is -3.17. The molecule has 0 aromatic carbocycles. The van der Waals surface area contributed by atoms with Gasteiger partial charge in [0.2, 0.25) is 11.6 Å². The van der Waals surface area contributed by atoms with Crippen molar-refractivity contribution < 1.29 is 14.6 Å². The summed E-state index contributed by atoms with van der Waals surface area (Å²) in [4.78, 5) is 18.1. The molecule has 2 aliphatic rings. The molecule has 4 heterocycles. The SMILES string of the molecule is C[C@H](N=c1nc(N2CC[C@H](F)C2)n2ncc(=Cc3cc(O)[nH]c3O)c2n1)C1CC1. The van der Waals surface area contributed by atoms with Gasteiger partial charge in [-0.3, -0.25) is 4.98 Å². The van der Waals surface area contributed by atoms with Gasteiger partial charge in [0.25, 0.3) is 0 Å². The summed E-state index contributed by atoms with van der Waals surface area (Å²) in [5.74, 6) is 0.789. The first kappa shape index (κ1) is 17.9. The first-order chi connectivity index (χ1) is 14.0. The summed E-state index contributed by atoms with van der Waals surface area (Å²) in [6, 6.07) is 1.54. The second kappa shape index (κ2) is 6.71. The Balaban J connectivity index is 1.69. The molecule has 0 unspecified atom stereocenters. The zero-order valence-corrected chi connectivity index (χ0v) is 16.0. The summed E-state index contributed by atoms with van der Waals surface area (Å²) in [5.41, 5.74) is 1.28. The van der Waals surface area contributed by atoms with Gasteiger partial charge in [0.15, 0.2) is 17.4 Å². The molecule has 0 radical (unpaired) electrons. The lowest BCUT2D eigenvalue weighted by Gasteiger charge is -2.16. The highest BCUT2D eigenvalue weighted by Crippen LogP contribution is 2.33. The van der Waals surface area contributed by atoms with E-state index in [0.717, 1.165) is 12.8 Å². The van der Waals surface area contributed by atoms with Crippen LogP contribution in [0.3, 0.4) is 0 Å². The van der Waals surface area contributed by atoms with E-state index in [1.165, 1.54) is 6.07 Å². The van der Waals surface area contributed by atoms with E-state index in [2.05, 4.69) is 32.0 Å². The fourth-order valence-electron chi connectivity index (χ4n) is 3.72. The first-order valence-corrected chi connectivity index (χ1v) is 9.79. The Morgan fingerprint density at radius 2 is 2.14 bits per heavy atom. The second-order valence-corrected chi connectivity index (χ2v) is 7.80. The fraction of sp³-hybridized carbons (Fsp3) is 0.474. The summed E-state index contributed by atoms with van der Waals surface area (Å²) in [6.07, 6.45) is 5.16. The van der Waals surface area contributed by atoms with E-state index in [-0.39, 0.29) is 24.3 Å². The van der Waals surface area contributed by atoms with Crippen LogP contribution in [0, 0.1) is 5.92 Å². The van der Waals surface area contributed by atoms with E-state index in [1.54, 1.807) is 16.8 Å². The van der Waals surface area contributed by atoms with E-state index >= 15 is 0 Å². The highest BCUT2D eigenvalue weighted by molar-refractivity contribution is 5.61. The number of rotatable bonds is 4. The van der Waals surface area contributed by atoms with Gasteiger partial charge in [-0.15, -0.1) is 0 Å². The fourth-order valence-corrected chi connectivity index (χ4v) is 3.72. The van der Waals surface area contributed by atoms with Crippen LogP contribution in [0.2, 0.25) is 0 Å². The van der Waals surface area contributed by atoms with Crippen molar-refractivity contribution in [3.63, 3.8) is 0 Å². The van der Waals surface area contributed by atoms with E-state index < -0.39 is 6.17 Å². The third-order valence-corrected chi connectivity index (χ3v) is 5.53. The van der Waals surface area contributed by atoms with Crippen molar-refractivity contribution >= 4 is 17.7 Å². The van der Waals surface area contributed by atoms with Gasteiger partial charge in [-0.2, -0.15) is 19.6 Å². The summed E-state index contributed by atoms with van der Waals surface area (Å²) in [5, 5.41) is 24.5. The van der Waals surface area contributed by atoms with Gasteiger partial charge < -0.3 is 15.1 Å². The molecule has 0 amide bonds. The van der Waals surface area contributed by atoms with Crippen LogP contribution in [0.4, 0.5) is 10.3 Å². The molecule has 10 heteroatoms. The van der Waals surface area contributed by atoms with E-state index in [9.17, 15) is 14.6 Å². The molecule has 152 valence electrons. The zero-order valence-electron chi connectivity index (χ0n) is 16.0. The molecule has 0 bridgehead atoms. The minimum Gasteiger partial charge on any atom is -0.494 e. The highest BCUT2D eigenvalue weighted by atomic mass is 19.1. The number of halogens is 1. The summed E-state index contributed by atoms with van der Waals surface area (Å²) in [7, 11) is 0. The Bertz CT molecular complexity index is 1180. The topological polar surface area (TPSA) is 115 Å². The number of hydrogen-bond acceptors (Lipinski definition) is 7. The average Bonchev–Trinajstić information content (AvgIpc) is 3.22. The van der Waals surface area contributed by atoms with Crippen LogP contribution in [-0.4, -0.2) is 60.1 Å². The molecule has 1 aliphatic heterocycles. The maximum absolute atomic E-state index is 13.8. The number of anilines is 1. The number of nitrogens with zero attached hydrogens (tertiary/aromatic N) is 6. The number of alkyl halides is 1. The quantitative estimate of drug-likeness (QED) is 0.594. The third kappa shape index (κ3) is 3.39. The van der Waals surface area contributed by atoms with Gasteiger partial charge >= 0.3 is 0 Å². The van der Waals surface area contributed by atoms with Gasteiger partial charge in [-0.1, -0.05) is 0 Å². The number of H-pyrrole nitrogens is 1. The third-order valence-electron chi connectivity index (χ3n) is 5.53. The predicted octanol–water partition coefficient (Wildman–Crippen LogP) is 0.659. The molecule has 1 aliphatic carbocycles. The van der Waals surface area contributed by atoms with Gasteiger partial charge in [-0.25, -0.2) is 9.38 Å². The van der Waals surface area contributed by atoms with Gasteiger partial charge in [0.05, 0.1) is 18.8 Å². The van der Waals surface area contributed by atoms with E-state index in [4.69, 9.17) is 0 Å². The normalized spacial score (nSPS) is 22.1. The van der Waals surface area contributed by atoms with Crippen LogP contribution in [-0.2, 0) is 0 Å². The van der Waals surface area contributed by atoms with Gasteiger partial charge in [0, 0.05) is 23.4 Å². The molecule has 0 spiro atoms. The maximum Gasteiger partial charge on any atom is 0.250 e. The Labute approximate surface area is 165 Å². The molecular weight excluding hydrogens is 377 g/mol. The predicted molar refractivity (Wildman–Crippen MR) is 103 cm³/mol. The van der Waals surface area contributed by atoms with Crippen molar-refractivity contribution in [1.29, 1.82) is 0 Å². The maximum atomic E-state index is 13.8. The lowest BCUT2D eigenvalue weighted by Crippen LogP contribution is -2.30. The second-order valence-electron chi connectivity index (χ2n) is 7.80. The van der Waals surface area contributed by atoms with Crippen LogP contribution in [0.25, 0.3) is 11.7 Å². The largest absolute Gasteiger partial charge is 0.494 e. The van der Waals surface area contributed by atoms with E-state index in [1.807, 2.05) is 4.90 Å². The van der Waals surface area contributed by atoms with Crippen molar-refractivity contribution in [2.75, 3.05) is 18.0 Å². The van der Waals surface area contributed by atoms with Crippen molar-refractivity contribution in [3.8, 4) is 11.8 Å².